The van der Waals surface area contributed by atoms with Crippen molar-refractivity contribution in [1.82, 2.24) is 0 Å². The number of ether oxygens (including phenoxy) is 1. The van der Waals surface area contributed by atoms with Crippen molar-refractivity contribution in [3.05, 3.63) is 29.8 Å². The largest absolute Gasteiger partial charge is 0.497 e. The molecule has 1 aromatic rings. The standard InChI is InChI=1S/C17H22O4/c1-16(2)13(9-10-17(16,3)15(19)20)14(18)11-5-7-12(21-4)8-6-11/h5-8,13H,9-10H2,1-4H3,(H,19,20)/t13?,17-/m1/s1. The SMILES string of the molecule is COc1ccc(C(=O)C2CC[C@](C)(C(=O)O)C2(C)C)cc1. The summed E-state index contributed by atoms with van der Waals surface area (Å²) in [4.78, 5) is 24.3. The summed E-state index contributed by atoms with van der Waals surface area (Å²) in [6.07, 6.45) is 1.14. The van der Waals surface area contributed by atoms with E-state index in [1.807, 2.05) is 13.8 Å². The predicted molar refractivity (Wildman–Crippen MR) is 79.6 cm³/mol. The van der Waals surface area contributed by atoms with Gasteiger partial charge in [0.15, 0.2) is 5.78 Å². The van der Waals surface area contributed by atoms with E-state index < -0.39 is 16.8 Å². The minimum atomic E-state index is -0.861. The van der Waals surface area contributed by atoms with E-state index in [1.54, 1.807) is 38.3 Å². The molecule has 1 aromatic carbocycles. The lowest BCUT2D eigenvalue weighted by Gasteiger charge is -2.37. The molecule has 4 heteroatoms. The Morgan fingerprint density at radius 2 is 1.76 bits per heavy atom. The fourth-order valence-electron chi connectivity index (χ4n) is 3.30. The molecule has 0 radical (unpaired) electrons. The van der Waals surface area contributed by atoms with Gasteiger partial charge in [-0.1, -0.05) is 13.8 Å². The van der Waals surface area contributed by atoms with Gasteiger partial charge in [0, 0.05) is 11.5 Å². The molecule has 2 rings (SSSR count). The van der Waals surface area contributed by atoms with Crippen molar-refractivity contribution in [2.45, 2.75) is 33.6 Å². The molecule has 0 heterocycles. The highest BCUT2D eigenvalue weighted by Crippen LogP contribution is 2.56. The fourth-order valence-corrected chi connectivity index (χ4v) is 3.30. The number of methoxy groups -OCH3 is 1. The molecule has 1 saturated carbocycles. The molecule has 1 aliphatic carbocycles. The quantitative estimate of drug-likeness (QED) is 0.863. The normalized spacial score (nSPS) is 27.3. The van der Waals surface area contributed by atoms with Crippen LogP contribution in [-0.4, -0.2) is 24.0 Å². The minimum absolute atomic E-state index is 0.0210. The number of Topliss-reactive ketones (excluding diaryl/α,β-unsaturated/α-hetero) is 1. The highest BCUT2D eigenvalue weighted by molar-refractivity contribution is 5.99. The monoisotopic (exact) mass is 290 g/mol. The average molecular weight is 290 g/mol. The fraction of sp³-hybridized carbons (Fsp3) is 0.529. The van der Waals surface area contributed by atoms with Gasteiger partial charge in [0.1, 0.15) is 5.75 Å². The lowest BCUT2D eigenvalue weighted by molar-refractivity contribution is -0.153. The summed E-state index contributed by atoms with van der Waals surface area (Å²) < 4.78 is 5.09. The first kappa shape index (κ1) is 15.5. The third-order valence-electron chi connectivity index (χ3n) is 5.39. The summed E-state index contributed by atoms with van der Waals surface area (Å²) in [6.45, 7) is 5.52. The first-order chi connectivity index (χ1) is 9.74. The van der Waals surface area contributed by atoms with Gasteiger partial charge in [0.2, 0.25) is 0 Å². The Morgan fingerprint density at radius 3 is 2.19 bits per heavy atom. The molecule has 1 N–H and O–H groups in total. The van der Waals surface area contributed by atoms with Crippen molar-refractivity contribution in [1.29, 1.82) is 0 Å². The Labute approximate surface area is 125 Å². The molecule has 0 aliphatic heterocycles. The van der Waals surface area contributed by atoms with Gasteiger partial charge in [-0.15, -0.1) is 0 Å². The molecular weight excluding hydrogens is 268 g/mol. The van der Waals surface area contributed by atoms with Crippen LogP contribution in [0.3, 0.4) is 0 Å². The number of carboxylic acids is 1. The van der Waals surface area contributed by atoms with Crippen LogP contribution in [-0.2, 0) is 4.79 Å². The summed E-state index contributed by atoms with van der Waals surface area (Å²) in [5.74, 6) is -0.371. The Balaban J connectivity index is 2.30. The predicted octanol–water partition coefficient (Wildman–Crippen LogP) is 3.41. The Kier molecular flexibility index (Phi) is 3.83. The number of aliphatic carboxylic acids is 1. The van der Waals surface area contributed by atoms with Gasteiger partial charge in [0.25, 0.3) is 0 Å². The van der Waals surface area contributed by atoms with Crippen molar-refractivity contribution in [3.8, 4) is 5.75 Å². The van der Waals surface area contributed by atoms with Crippen molar-refractivity contribution in [2.24, 2.45) is 16.7 Å². The van der Waals surface area contributed by atoms with Crippen LogP contribution in [0.4, 0.5) is 0 Å². The van der Waals surface area contributed by atoms with Crippen molar-refractivity contribution < 1.29 is 19.4 Å². The van der Waals surface area contributed by atoms with E-state index in [9.17, 15) is 14.7 Å². The first-order valence-electron chi connectivity index (χ1n) is 7.15. The van der Waals surface area contributed by atoms with E-state index in [1.165, 1.54) is 0 Å². The molecule has 0 aromatic heterocycles. The van der Waals surface area contributed by atoms with Gasteiger partial charge in [-0.25, -0.2) is 0 Å². The number of carboxylic acid groups (broad SMARTS) is 1. The topological polar surface area (TPSA) is 63.6 Å². The average Bonchev–Trinajstić information content (AvgIpc) is 2.70. The van der Waals surface area contributed by atoms with E-state index >= 15 is 0 Å². The van der Waals surface area contributed by atoms with Crippen molar-refractivity contribution in [2.75, 3.05) is 7.11 Å². The van der Waals surface area contributed by atoms with Crippen LogP contribution in [0, 0.1) is 16.7 Å². The maximum absolute atomic E-state index is 12.7. The molecule has 0 spiro atoms. The second-order valence-corrected chi connectivity index (χ2v) is 6.54. The van der Waals surface area contributed by atoms with Crippen LogP contribution in [0.5, 0.6) is 5.75 Å². The van der Waals surface area contributed by atoms with Gasteiger partial charge in [-0.05, 0) is 49.4 Å². The molecule has 1 aliphatic rings. The van der Waals surface area contributed by atoms with Crippen LogP contribution in [0.1, 0.15) is 44.0 Å². The number of carbonyl (C=O) groups is 2. The second-order valence-electron chi connectivity index (χ2n) is 6.54. The third-order valence-corrected chi connectivity index (χ3v) is 5.39. The summed E-state index contributed by atoms with van der Waals surface area (Å²) in [5.41, 5.74) is -0.821. The molecule has 0 saturated heterocycles. The molecule has 0 amide bonds. The number of benzene rings is 1. The zero-order valence-electron chi connectivity index (χ0n) is 13.0. The van der Waals surface area contributed by atoms with Gasteiger partial charge < -0.3 is 9.84 Å². The van der Waals surface area contributed by atoms with Gasteiger partial charge in [-0.2, -0.15) is 0 Å². The zero-order chi connectivity index (χ0) is 15.8. The summed E-state index contributed by atoms with van der Waals surface area (Å²) in [5, 5.41) is 9.52. The summed E-state index contributed by atoms with van der Waals surface area (Å²) in [7, 11) is 1.58. The lowest BCUT2D eigenvalue weighted by Crippen LogP contribution is -2.42. The van der Waals surface area contributed by atoms with Crippen molar-refractivity contribution in [3.63, 3.8) is 0 Å². The highest BCUT2D eigenvalue weighted by Gasteiger charge is 2.58. The van der Waals surface area contributed by atoms with E-state index in [-0.39, 0.29) is 11.7 Å². The number of hydrogen-bond acceptors (Lipinski definition) is 3. The zero-order valence-corrected chi connectivity index (χ0v) is 13.0. The summed E-state index contributed by atoms with van der Waals surface area (Å²) in [6, 6.07) is 7.00. The third kappa shape index (κ3) is 2.33. The highest BCUT2D eigenvalue weighted by atomic mass is 16.5. The Bertz CT molecular complexity index is 559. The van der Waals surface area contributed by atoms with Crippen LogP contribution >= 0.6 is 0 Å². The molecule has 2 atom stereocenters. The molecule has 4 nitrogen and oxygen atoms in total. The molecule has 21 heavy (non-hydrogen) atoms. The van der Waals surface area contributed by atoms with E-state index in [4.69, 9.17) is 4.74 Å². The van der Waals surface area contributed by atoms with Gasteiger partial charge >= 0.3 is 5.97 Å². The van der Waals surface area contributed by atoms with Crippen LogP contribution in [0.25, 0.3) is 0 Å². The number of hydrogen-bond donors (Lipinski definition) is 1. The van der Waals surface area contributed by atoms with Crippen LogP contribution in [0.2, 0.25) is 0 Å². The van der Waals surface area contributed by atoms with Gasteiger partial charge in [0.05, 0.1) is 12.5 Å². The Morgan fingerprint density at radius 1 is 1.19 bits per heavy atom. The van der Waals surface area contributed by atoms with Gasteiger partial charge in [-0.3, -0.25) is 9.59 Å². The molecule has 1 unspecified atom stereocenters. The summed E-state index contributed by atoms with van der Waals surface area (Å²) >= 11 is 0. The second kappa shape index (κ2) is 5.17. The minimum Gasteiger partial charge on any atom is -0.497 e. The van der Waals surface area contributed by atoms with E-state index in [0.717, 1.165) is 0 Å². The maximum atomic E-state index is 12.7. The molecular formula is C17H22O4. The molecule has 114 valence electrons. The number of rotatable bonds is 4. The number of carbonyl (C=O) groups excluding carboxylic acids is 1. The van der Waals surface area contributed by atoms with E-state index in [0.29, 0.717) is 24.2 Å². The number of ketones is 1. The smallest absolute Gasteiger partial charge is 0.309 e. The Hall–Kier alpha value is -1.84. The maximum Gasteiger partial charge on any atom is 0.309 e. The first-order valence-corrected chi connectivity index (χ1v) is 7.15. The molecule has 1 fully saturated rings. The van der Waals surface area contributed by atoms with Crippen molar-refractivity contribution >= 4 is 11.8 Å². The van der Waals surface area contributed by atoms with Crippen LogP contribution in [0.15, 0.2) is 24.3 Å². The lowest BCUT2D eigenvalue weighted by atomic mass is 9.64. The van der Waals surface area contributed by atoms with Crippen LogP contribution < -0.4 is 4.74 Å². The molecule has 0 bridgehead atoms. The van der Waals surface area contributed by atoms with E-state index in [2.05, 4.69) is 0 Å².